The van der Waals surface area contributed by atoms with Crippen molar-refractivity contribution >= 4 is 27.6 Å². The van der Waals surface area contributed by atoms with E-state index in [1.165, 1.54) is 22.0 Å². The van der Waals surface area contributed by atoms with Gasteiger partial charge >= 0.3 is 0 Å². The van der Waals surface area contributed by atoms with Crippen LogP contribution < -0.4 is 16.1 Å². The van der Waals surface area contributed by atoms with Crippen molar-refractivity contribution < 1.29 is 0 Å². The van der Waals surface area contributed by atoms with Gasteiger partial charge in [0, 0.05) is 48.2 Å². The summed E-state index contributed by atoms with van der Waals surface area (Å²) in [6.07, 6.45) is 3.22. The van der Waals surface area contributed by atoms with Gasteiger partial charge in [-0.05, 0) is 42.3 Å². The lowest BCUT2D eigenvalue weighted by atomic mass is 10.2. The molecule has 2 heterocycles. The van der Waals surface area contributed by atoms with E-state index in [1.807, 2.05) is 24.3 Å². The Kier molecular flexibility index (Phi) is 6.22. The van der Waals surface area contributed by atoms with E-state index in [1.54, 1.807) is 6.07 Å². The topological polar surface area (TPSA) is 61.9 Å². The van der Waals surface area contributed by atoms with Crippen molar-refractivity contribution in [1.29, 1.82) is 0 Å². The first kappa shape index (κ1) is 21.0. The number of pyridine rings is 1. The predicted octanol–water partition coefficient (Wildman–Crippen LogP) is 5.12. The fourth-order valence-corrected chi connectivity index (χ4v) is 4.33. The minimum absolute atomic E-state index is 0.0388. The largest absolute Gasteiger partial charge is 0.371 e. The van der Waals surface area contributed by atoms with Gasteiger partial charge < -0.3 is 20.2 Å². The average Bonchev–Trinajstić information content (AvgIpc) is 3.19. The van der Waals surface area contributed by atoms with E-state index in [0.29, 0.717) is 0 Å². The van der Waals surface area contributed by atoms with Crippen LogP contribution in [0.25, 0.3) is 21.8 Å². The number of hydrogen-bond acceptors (Lipinski definition) is 3. The molecule has 3 N–H and O–H groups in total. The van der Waals surface area contributed by atoms with Crippen LogP contribution in [-0.2, 0) is 13.1 Å². The van der Waals surface area contributed by atoms with Gasteiger partial charge in [0.15, 0.2) is 5.43 Å². The van der Waals surface area contributed by atoms with E-state index in [2.05, 4.69) is 81.0 Å². The summed E-state index contributed by atoms with van der Waals surface area (Å²) >= 11 is 0. The number of nitrogens with one attached hydrogen (secondary N) is 3. The van der Waals surface area contributed by atoms with E-state index in [-0.39, 0.29) is 5.43 Å². The molecule has 0 atom stereocenters. The molecule has 0 radical (unpaired) electrons. The first-order valence-corrected chi connectivity index (χ1v) is 11.5. The fourth-order valence-electron chi connectivity index (χ4n) is 4.33. The van der Waals surface area contributed by atoms with Crippen LogP contribution in [0.15, 0.2) is 95.9 Å². The van der Waals surface area contributed by atoms with Gasteiger partial charge in [-0.25, -0.2) is 0 Å². The zero-order chi connectivity index (χ0) is 22.5. The van der Waals surface area contributed by atoms with Gasteiger partial charge in [-0.2, -0.15) is 0 Å². The van der Waals surface area contributed by atoms with Crippen LogP contribution in [-0.4, -0.2) is 22.6 Å². The van der Waals surface area contributed by atoms with Crippen LogP contribution in [0.4, 0.5) is 5.82 Å². The summed E-state index contributed by atoms with van der Waals surface area (Å²) in [6, 6.07) is 28.4. The Labute approximate surface area is 193 Å². The van der Waals surface area contributed by atoms with Crippen molar-refractivity contribution in [3.8, 4) is 0 Å². The summed E-state index contributed by atoms with van der Waals surface area (Å²) < 4.78 is 2.33. The summed E-state index contributed by atoms with van der Waals surface area (Å²) in [5.74, 6) is 0.766. The van der Waals surface area contributed by atoms with E-state index in [4.69, 9.17) is 0 Å². The molecule has 0 saturated heterocycles. The van der Waals surface area contributed by atoms with Crippen molar-refractivity contribution in [3.05, 3.63) is 112 Å². The fraction of sp³-hybridized carbons (Fsp3) is 0.179. The number of para-hydroxylation sites is 2. The van der Waals surface area contributed by atoms with Crippen LogP contribution in [0.5, 0.6) is 0 Å². The molecule has 0 amide bonds. The van der Waals surface area contributed by atoms with Crippen molar-refractivity contribution in [3.63, 3.8) is 0 Å². The Morgan fingerprint density at radius 1 is 0.818 bits per heavy atom. The zero-order valence-corrected chi connectivity index (χ0v) is 18.6. The monoisotopic (exact) mass is 436 g/mol. The maximum atomic E-state index is 12.2. The number of aromatic amines is 1. The highest BCUT2D eigenvalue weighted by Gasteiger charge is 2.08. The number of aromatic nitrogens is 2. The van der Waals surface area contributed by atoms with Crippen molar-refractivity contribution in [2.45, 2.75) is 19.5 Å². The van der Waals surface area contributed by atoms with Crippen molar-refractivity contribution in [2.75, 3.05) is 18.4 Å². The molecule has 0 bridgehead atoms. The highest BCUT2D eigenvalue weighted by molar-refractivity contribution is 5.84. The molecule has 5 heteroatoms. The summed E-state index contributed by atoms with van der Waals surface area (Å²) in [4.78, 5) is 15.5. The molecule has 0 saturated carbocycles. The molecular weight excluding hydrogens is 408 g/mol. The molecule has 33 heavy (non-hydrogen) atoms. The van der Waals surface area contributed by atoms with Crippen LogP contribution >= 0.6 is 0 Å². The van der Waals surface area contributed by atoms with Crippen LogP contribution in [0, 0.1) is 0 Å². The lowest BCUT2D eigenvalue weighted by Gasteiger charge is -2.08. The van der Waals surface area contributed by atoms with Gasteiger partial charge in [0.25, 0.3) is 0 Å². The van der Waals surface area contributed by atoms with Gasteiger partial charge in [-0.1, -0.05) is 60.7 Å². The predicted molar refractivity (Wildman–Crippen MR) is 137 cm³/mol. The van der Waals surface area contributed by atoms with Gasteiger partial charge in [0.05, 0.1) is 5.52 Å². The van der Waals surface area contributed by atoms with E-state index < -0.39 is 0 Å². The zero-order valence-electron chi connectivity index (χ0n) is 18.6. The van der Waals surface area contributed by atoms with Crippen molar-refractivity contribution in [2.24, 2.45) is 0 Å². The maximum Gasteiger partial charge on any atom is 0.191 e. The Bertz CT molecular complexity index is 1420. The normalized spacial score (nSPS) is 11.3. The molecule has 3 aromatic carbocycles. The molecule has 0 fully saturated rings. The Hall–Kier alpha value is -3.83. The second kappa shape index (κ2) is 9.76. The first-order chi connectivity index (χ1) is 16.3. The molecule has 5 nitrogen and oxygen atoms in total. The molecule has 5 rings (SSSR count). The van der Waals surface area contributed by atoms with Crippen LogP contribution in [0.3, 0.4) is 0 Å². The van der Waals surface area contributed by atoms with E-state index >= 15 is 0 Å². The SMILES string of the molecule is O=c1cc(NCCCNCc2cn(Cc3ccccc3)c3ccccc23)[nH]c2ccccc12. The van der Waals surface area contributed by atoms with E-state index in [9.17, 15) is 4.79 Å². The number of nitrogens with zero attached hydrogens (tertiary/aromatic N) is 1. The molecule has 166 valence electrons. The third-order valence-corrected chi connectivity index (χ3v) is 5.97. The lowest BCUT2D eigenvalue weighted by Crippen LogP contribution is -2.18. The Morgan fingerprint density at radius 2 is 1.58 bits per heavy atom. The van der Waals surface area contributed by atoms with Crippen LogP contribution in [0.1, 0.15) is 17.5 Å². The van der Waals surface area contributed by atoms with Gasteiger partial charge in [-0.15, -0.1) is 0 Å². The lowest BCUT2D eigenvalue weighted by molar-refractivity contribution is 0.663. The molecule has 0 aliphatic rings. The first-order valence-electron chi connectivity index (χ1n) is 11.5. The van der Waals surface area contributed by atoms with Crippen molar-refractivity contribution in [1.82, 2.24) is 14.9 Å². The second-order valence-corrected chi connectivity index (χ2v) is 8.33. The van der Waals surface area contributed by atoms with Crippen LogP contribution in [0.2, 0.25) is 0 Å². The quantitative estimate of drug-likeness (QED) is 0.281. The summed E-state index contributed by atoms with van der Waals surface area (Å²) in [5, 5.41) is 8.93. The number of rotatable bonds is 9. The maximum absolute atomic E-state index is 12.2. The standard InChI is InChI=1S/C28H28N4O/c33-27-17-28(31-25-13-6-4-12-24(25)27)30-16-8-15-29-18-22-20-32(19-21-9-2-1-3-10-21)26-14-7-5-11-23(22)26/h1-7,9-14,17,20,29H,8,15-16,18-19H2,(H2,30,31,33). The minimum atomic E-state index is 0.0388. The molecule has 2 aromatic heterocycles. The number of fused-ring (bicyclic) bond motifs is 2. The number of H-pyrrole nitrogens is 1. The Balaban J connectivity index is 1.16. The molecule has 0 aliphatic heterocycles. The third-order valence-electron chi connectivity index (χ3n) is 5.97. The molecule has 5 aromatic rings. The number of hydrogen-bond donors (Lipinski definition) is 3. The summed E-state index contributed by atoms with van der Waals surface area (Å²) in [6.45, 7) is 3.38. The molecular formula is C28H28N4O. The molecule has 0 aliphatic carbocycles. The van der Waals surface area contributed by atoms with Gasteiger partial charge in [0.2, 0.25) is 0 Å². The van der Waals surface area contributed by atoms with E-state index in [0.717, 1.165) is 49.3 Å². The summed E-state index contributed by atoms with van der Waals surface area (Å²) in [5.41, 5.74) is 4.78. The molecule has 0 unspecified atom stereocenters. The average molecular weight is 437 g/mol. The van der Waals surface area contributed by atoms with Gasteiger partial charge in [0.1, 0.15) is 5.82 Å². The highest BCUT2D eigenvalue weighted by Crippen LogP contribution is 2.22. The number of benzene rings is 3. The third kappa shape index (κ3) is 4.83. The minimum Gasteiger partial charge on any atom is -0.371 e. The summed E-state index contributed by atoms with van der Waals surface area (Å²) in [7, 11) is 0. The molecule has 0 spiro atoms. The smallest absolute Gasteiger partial charge is 0.191 e. The second-order valence-electron chi connectivity index (χ2n) is 8.33. The highest BCUT2D eigenvalue weighted by atomic mass is 16.1. The Morgan fingerprint density at radius 3 is 2.45 bits per heavy atom. The number of anilines is 1. The van der Waals surface area contributed by atoms with Gasteiger partial charge in [-0.3, -0.25) is 4.79 Å².